The number of aryl methyl sites for hydroxylation is 1. The predicted molar refractivity (Wildman–Crippen MR) is 80.1 cm³/mol. The molecule has 1 rings (SSSR count). The molecule has 0 amide bonds. The van der Waals surface area contributed by atoms with Gasteiger partial charge in [-0.3, -0.25) is 0 Å². The second kappa shape index (κ2) is 12.2. The van der Waals surface area contributed by atoms with Gasteiger partial charge in [-0.05, 0) is 31.2 Å². The van der Waals surface area contributed by atoms with E-state index in [0.717, 1.165) is 0 Å². The molecule has 0 aromatic heterocycles. The summed E-state index contributed by atoms with van der Waals surface area (Å²) < 4.78 is 0. The number of hydrogen-bond donors (Lipinski definition) is 1. The Hall–Kier alpha value is -0.890. The molecular weight excluding hydrogens is 237 g/mol. The maximum atomic E-state index is 2.24. The smallest absolute Gasteiger partial charge is 0.0766 e. The van der Waals surface area contributed by atoms with Gasteiger partial charge in [0.05, 0.1) is 20.6 Å². The number of halogens is 1. The van der Waals surface area contributed by atoms with Gasteiger partial charge in [-0.2, -0.15) is 0 Å². The Morgan fingerprint density at radius 3 is 1.84 bits per heavy atom. The molecule has 110 valence electrons. The zero-order valence-electron chi connectivity index (χ0n) is 12.6. The van der Waals surface area contributed by atoms with Crippen LogP contribution in [0, 0.1) is 0 Å². The van der Waals surface area contributed by atoms with Crippen molar-refractivity contribution in [3.05, 3.63) is 35.9 Å². The molecule has 19 heavy (non-hydrogen) atoms. The monoisotopic (exact) mass is 267 g/mol. The van der Waals surface area contributed by atoms with Crippen LogP contribution in [0.25, 0.3) is 0 Å². The van der Waals surface area contributed by atoms with Gasteiger partial charge >= 0.3 is 0 Å². The van der Waals surface area contributed by atoms with Crippen molar-refractivity contribution in [2.45, 2.75) is 51.4 Å². The number of benzene rings is 1. The molecule has 0 atom stereocenters. The quantitative estimate of drug-likeness (QED) is 0.574. The van der Waals surface area contributed by atoms with Crippen LogP contribution >= 0.6 is 0 Å². The lowest BCUT2D eigenvalue weighted by molar-refractivity contribution is -0.858. The molecule has 1 aromatic rings. The van der Waals surface area contributed by atoms with Crippen LogP contribution in [0.3, 0.4) is 0 Å². The fourth-order valence-electron chi connectivity index (χ4n) is 2.34. The van der Waals surface area contributed by atoms with E-state index in [4.69, 9.17) is 0 Å². The molecule has 0 saturated carbocycles. The third-order valence-corrected chi connectivity index (χ3v) is 3.49. The van der Waals surface area contributed by atoms with Gasteiger partial charge in [-0.15, -0.1) is 0 Å². The molecular formula is C17H30FN. The van der Waals surface area contributed by atoms with Crippen LogP contribution in [-0.4, -0.2) is 20.6 Å². The molecule has 1 nitrogen and oxygen atoms in total. The minimum atomic E-state index is 0. The summed E-state index contributed by atoms with van der Waals surface area (Å²) in [5, 5.41) is 0. The number of hydrogen-bond acceptors (Lipinski definition) is 0. The molecule has 0 spiro atoms. The highest BCUT2D eigenvalue weighted by Crippen LogP contribution is 2.10. The van der Waals surface area contributed by atoms with E-state index in [1.54, 1.807) is 4.90 Å². The van der Waals surface area contributed by atoms with Crippen molar-refractivity contribution in [3.8, 4) is 0 Å². The summed E-state index contributed by atoms with van der Waals surface area (Å²) in [6.45, 7) is 1.33. The lowest BCUT2D eigenvalue weighted by Crippen LogP contribution is -3.05. The molecule has 0 fully saturated rings. The minimum absolute atomic E-state index is 0. The van der Waals surface area contributed by atoms with E-state index in [0.29, 0.717) is 0 Å². The lowest BCUT2D eigenvalue weighted by atomic mass is 10.0. The van der Waals surface area contributed by atoms with Crippen molar-refractivity contribution in [2.24, 2.45) is 0 Å². The second-order valence-electron chi connectivity index (χ2n) is 5.67. The number of nitrogens with one attached hydrogen (secondary N) is 1. The van der Waals surface area contributed by atoms with E-state index < -0.39 is 0 Å². The highest BCUT2D eigenvalue weighted by atomic mass is 19.0. The molecule has 1 N–H and O–H groups in total. The summed E-state index contributed by atoms with van der Waals surface area (Å²) >= 11 is 0. The Kier molecular flexibility index (Phi) is 11.6. The Balaban J connectivity index is 0.00000324. The number of quaternary nitrogens is 1. The zero-order valence-corrected chi connectivity index (χ0v) is 12.6. The van der Waals surface area contributed by atoms with Crippen LogP contribution in [0.2, 0.25) is 0 Å². The maximum Gasteiger partial charge on any atom is 0.0766 e. The average molecular weight is 267 g/mol. The summed E-state index contributed by atoms with van der Waals surface area (Å²) in [7, 11) is 4.48. The van der Waals surface area contributed by atoms with Gasteiger partial charge < -0.3 is 9.60 Å². The van der Waals surface area contributed by atoms with E-state index in [-0.39, 0.29) is 4.70 Å². The first-order valence-corrected chi connectivity index (χ1v) is 7.62. The van der Waals surface area contributed by atoms with Gasteiger partial charge in [0.2, 0.25) is 0 Å². The molecule has 0 aliphatic heterocycles. The van der Waals surface area contributed by atoms with Crippen molar-refractivity contribution in [1.82, 2.24) is 0 Å². The Morgan fingerprint density at radius 2 is 1.26 bits per heavy atom. The third-order valence-electron chi connectivity index (χ3n) is 3.49. The molecule has 0 unspecified atom stereocenters. The minimum Gasteiger partial charge on any atom is -1.00 e. The van der Waals surface area contributed by atoms with Gasteiger partial charge in [0.15, 0.2) is 0 Å². The summed E-state index contributed by atoms with van der Waals surface area (Å²) in [5.41, 5.74) is 1.49. The molecule has 0 bridgehead atoms. The van der Waals surface area contributed by atoms with Gasteiger partial charge in [-0.25, -0.2) is 0 Å². The van der Waals surface area contributed by atoms with Crippen molar-refractivity contribution in [1.29, 1.82) is 0 Å². The van der Waals surface area contributed by atoms with E-state index in [9.17, 15) is 0 Å². The summed E-state index contributed by atoms with van der Waals surface area (Å²) in [4.78, 5) is 1.58. The topological polar surface area (TPSA) is 4.44 Å². The van der Waals surface area contributed by atoms with Gasteiger partial charge in [0.25, 0.3) is 0 Å². The highest BCUT2D eigenvalue weighted by Gasteiger charge is 1.95. The number of rotatable bonds is 10. The average Bonchev–Trinajstić information content (AvgIpc) is 2.37. The van der Waals surface area contributed by atoms with Crippen LogP contribution < -0.4 is 9.60 Å². The van der Waals surface area contributed by atoms with Crippen molar-refractivity contribution >= 4 is 0 Å². The normalized spacial score (nSPS) is 10.5. The van der Waals surface area contributed by atoms with E-state index >= 15 is 0 Å². The molecule has 0 saturated heterocycles. The predicted octanol–water partition coefficient (Wildman–Crippen LogP) is 0.108. The van der Waals surface area contributed by atoms with Gasteiger partial charge in [-0.1, -0.05) is 56.0 Å². The molecule has 1 aromatic carbocycles. The van der Waals surface area contributed by atoms with E-state index in [2.05, 4.69) is 44.4 Å². The standard InChI is InChI=1S/C17H29N.FH/c1-18(2)16-12-7-5-3-4-6-9-13-17-14-10-8-11-15-17;/h8,10-11,14-15H,3-7,9,12-13,16H2,1-2H3;1H. The van der Waals surface area contributed by atoms with Crippen molar-refractivity contribution in [3.63, 3.8) is 0 Å². The SMILES string of the molecule is C[NH+](C)CCCCCCCCCc1ccccc1.[F-]. The summed E-state index contributed by atoms with van der Waals surface area (Å²) in [5.74, 6) is 0. The lowest BCUT2D eigenvalue weighted by Gasteiger charge is -2.06. The highest BCUT2D eigenvalue weighted by molar-refractivity contribution is 5.14. The fourth-order valence-corrected chi connectivity index (χ4v) is 2.34. The van der Waals surface area contributed by atoms with Crippen LogP contribution in [0.5, 0.6) is 0 Å². The largest absolute Gasteiger partial charge is 1.00 e. The van der Waals surface area contributed by atoms with Crippen molar-refractivity contribution < 1.29 is 9.60 Å². The Labute approximate surface area is 118 Å². The molecule has 0 aliphatic carbocycles. The molecule has 0 aliphatic rings. The maximum absolute atomic E-state index is 2.24. The van der Waals surface area contributed by atoms with Crippen LogP contribution in [-0.2, 0) is 6.42 Å². The first-order valence-electron chi connectivity index (χ1n) is 7.62. The van der Waals surface area contributed by atoms with Crippen LogP contribution in [0.4, 0.5) is 0 Å². The molecule has 0 radical (unpaired) electrons. The number of unbranched alkanes of at least 4 members (excludes halogenated alkanes) is 6. The first-order chi connectivity index (χ1) is 8.79. The third kappa shape index (κ3) is 10.7. The zero-order chi connectivity index (χ0) is 13.1. The van der Waals surface area contributed by atoms with Crippen LogP contribution in [0.15, 0.2) is 30.3 Å². The fraction of sp³-hybridized carbons (Fsp3) is 0.647. The Bertz CT molecular complexity index is 285. The van der Waals surface area contributed by atoms with Crippen LogP contribution in [0.1, 0.15) is 50.5 Å². The summed E-state index contributed by atoms with van der Waals surface area (Å²) in [6, 6.07) is 10.9. The van der Waals surface area contributed by atoms with Crippen molar-refractivity contribution in [2.75, 3.05) is 20.6 Å². The van der Waals surface area contributed by atoms with Gasteiger partial charge in [0, 0.05) is 0 Å². The first kappa shape index (κ1) is 18.1. The summed E-state index contributed by atoms with van der Waals surface area (Å²) in [6.07, 6.45) is 11.1. The molecule has 0 heterocycles. The van der Waals surface area contributed by atoms with E-state index in [1.165, 1.54) is 63.5 Å². The van der Waals surface area contributed by atoms with E-state index in [1.807, 2.05) is 0 Å². The van der Waals surface area contributed by atoms with Gasteiger partial charge in [0.1, 0.15) is 0 Å². The molecule has 2 heteroatoms. The second-order valence-corrected chi connectivity index (χ2v) is 5.67. The Morgan fingerprint density at radius 1 is 0.737 bits per heavy atom.